The van der Waals surface area contributed by atoms with Gasteiger partial charge >= 0.3 is 0 Å². The molecule has 0 bridgehead atoms. The van der Waals surface area contributed by atoms with E-state index < -0.39 is 17.5 Å². The van der Waals surface area contributed by atoms with Gasteiger partial charge in [-0.15, -0.1) is 0 Å². The Kier molecular flexibility index (Phi) is 12.9. The molecule has 0 radical (unpaired) electrons. The number of hydrogen-bond donors (Lipinski definition) is 3. The van der Waals surface area contributed by atoms with Crippen molar-refractivity contribution in [2.24, 2.45) is 27.8 Å². The average Bonchev–Trinajstić information content (AvgIpc) is 3.16. The van der Waals surface area contributed by atoms with Gasteiger partial charge in [0, 0.05) is 31.0 Å². The van der Waals surface area contributed by atoms with Gasteiger partial charge in [-0.3, -0.25) is 19.4 Å². The van der Waals surface area contributed by atoms with E-state index in [1.54, 1.807) is 35.4 Å². The third-order valence-electron chi connectivity index (χ3n) is 5.61. The number of carbonyl (C=O) groups is 3. The zero-order valence-corrected chi connectivity index (χ0v) is 21.8. The Morgan fingerprint density at radius 2 is 1.94 bits per heavy atom. The first-order valence-corrected chi connectivity index (χ1v) is 13.9. The van der Waals surface area contributed by atoms with Gasteiger partial charge in [0.1, 0.15) is 11.6 Å². The monoisotopic (exact) mass is 487 g/mol. The van der Waals surface area contributed by atoms with Crippen LogP contribution in [-0.2, 0) is 14.4 Å². The lowest BCUT2D eigenvalue weighted by Crippen LogP contribution is -2.56. The van der Waals surface area contributed by atoms with Gasteiger partial charge in [0.2, 0.25) is 0 Å². The van der Waals surface area contributed by atoms with Crippen LogP contribution < -0.4 is 16.9 Å². The minimum atomic E-state index is -1.04. The maximum atomic E-state index is 13.7. The van der Waals surface area contributed by atoms with Gasteiger partial charge in [0.25, 0.3) is 0 Å². The van der Waals surface area contributed by atoms with E-state index in [1.807, 2.05) is 18.9 Å². The van der Waals surface area contributed by atoms with Crippen molar-refractivity contribution in [2.75, 3.05) is 24.6 Å². The lowest BCUT2D eigenvalue weighted by molar-refractivity contribution is -0.143. The largest absolute Gasteiger partial charge is 0.370 e. The van der Waals surface area contributed by atoms with E-state index in [4.69, 9.17) is 11.5 Å². The molecule has 3 atom stereocenters. The molecule has 10 heteroatoms. The topological polar surface area (TPSA) is 131 Å². The number of guanidine groups is 1. The van der Waals surface area contributed by atoms with E-state index in [-0.39, 0.29) is 29.2 Å². The van der Waals surface area contributed by atoms with Crippen LogP contribution in [0, 0.1) is 11.3 Å². The summed E-state index contributed by atoms with van der Waals surface area (Å²) in [5, 5.41) is 1.88. The Labute approximate surface area is 200 Å². The second kappa shape index (κ2) is 14.2. The fourth-order valence-corrected chi connectivity index (χ4v) is 6.00. The lowest BCUT2D eigenvalue weighted by Gasteiger charge is -2.34. The molecule has 0 aromatic rings. The molecule has 0 aromatic heterocycles. The Hall–Kier alpha value is -1.10. The molecule has 1 fully saturated rings. The zero-order valence-electron chi connectivity index (χ0n) is 20.2. The Morgan fingerprint density at radius 3 is 2.50 bits per heavy atom. The fraction of sp³-hybridized carbons (Fsp3) is 0.818. The Balaban J connectivity index is 2.95. The number of nitrogens with zero attached hydrogens (tertiary/aromatic N) is 2. The molecule has 1 heterocycles. The number of nitrogens with two attached hydrogens (primary N) is 2. The SMILES string of the molecule is CCSSCC(C)(C(=O)CC(C)C)C(=O)[C@@H]1CCCN1N[C@@H](CCCN=C(N)N)C(C)=O. The number of carbonyl (C=O) groups excluding carboxylic acids is 3. The van der Waals surface area contributed by atoms with E-state index in [9.17, 15) is 14.4 Å². The highest BCUT2D eigenvalue weighted by Gasteiger charge is 2.47. The van der Waals surface area contributed by atoms with Crippen molar-refractivity contribution in [2.45, 2.75) is 78.8 Å². The van der Waals surface area contributed by atoms with Crippen LogP contribution in [0.2, 0.25) is 0 Å². The molecule has 0 aliphatic carbocycles. The summed E-state index contributed by atoms with van der Waals surface area (Å²) in [5.74, 6) is 1.59. The highest BCUT2D eigenvalue weighted by molar-refractivity contribution is 8.76. The second-order valence-electron chi connectivity index (χ2n) is 8.98. The van der Waals surface area contributed by atoms with Gasteiger partial charge in [-0.2, -0.15) is 0 Å². The van der Waals surface area contributed by atoms with Crippen molar-refractivity contribution in [1.29, 1.82) is 0 Å². The smallest absolute Gasteiger partial charge is 0.185 e. The van der Waals surface area contributed by atoms with Gasteiger partial charge in [0.15, 0.2) is 11.7 Å². The van der Waals surface area contributed by atoms with Gasteiger partial charge in [-0.05, 0) is 45.4 Å². The van der Waals surface area contributed by atoms with Gasteiger partial charge < -0.3 is 11.5 Å². The molecule has 1 aliphatic rings. The molecule has 184 valence electrons. The minimum Gasteiger partial charge on any atom is -0.370 e. The molecular weight excluding hydrogens is 446 g/mol. The van der Waals surface area contributed by atoms with Crippen LogP contribution in [0.15, 0.2) is 4.99 Å². The average molecular weight is 488 g/mol. The van der Waals surface area contributed by atoms with Gasteiger partial charge in [-0.1, -0.05) is 42.4 Å². The summed E-state index contributed by atoms with van der Waals surface area (Å²) in [6.45, 7) is 10.5. The number of nitrogens with one attached hydrogen (secondary N) is 1. The van der Waals surface area contributed by atoms with Gasteiger partial charge in [-0.25, -0.2) is 10.4 Å². The van der Waals surface area contributed by atoms with E-state index in [2.05, 4.69) is 17.3 Å². The maximum Gasteiger partial charge on any atom is 0.185 e. The molecule has 5 N–H and O–H groups in total. The molecule has 0 aromatic carbocycles. The summed E-state index contributed by atoms with van der Waals surface area (Å²) < 4.78 is 0. The molecule has 32 heavy (non-hydrogen) atoms. The predicted octanol–water partition coefficient (Wildman–Crippen LogP) is 2.56. The van der Waals surface area contributed by atoms with Crippen molar-refractivity contribution in [3.63, 3.8) is 0 Å². The maximum absolute atomic E-state index is 13.7. The minimum absolute atomic E-state index is 0.00125. The molecule has 1 saturated heterocycles. The second-order valence-corrected chi connectivity index (χ2v) is 11.7. The first kappa shape index (κ1) is 28.9. The number of hydrazine groups is 1. The molecule has 1 rings (SSSR count). The van der Waals surface area contributed by atoms with E-state index in [0.717, 1.165) is 12.2 Å². The molecule has 0 saturated carbocycles. The molecule has 1 unspecified atom stereocenters. The van der Waals surface area contributed by atoms with Crippen molar-refractivity contribution >= 4 is 44.9 Å². The van der Waals surface area contributed by atoms with Crippen LogP contribution in [-0.4, -0.2) is 65.0 Å². The summed E-state index contributed by atoms with van der Waals surface area (Å²) in [6.07, 6.45) is 3.13. The van der Waals surface area contributed by atoms with Crippen LogP contribution in [0.1, 0.15) is 66.7 Å². The Bertz CT molecular complexity index is 670. The predicted molar refractivity (Wildman–Crippen MR) is 135 cm³/mol. The standard InChI is InChI=1S/C22H41N5O3S2/c1-6-31-32-14-22(5,19(29)13-15(2)3)20(30)18-10-8-12-27(18)26-17(16(4)28)9-7-11-25-21(23)24/h15,17-18,26H,6-14H2,1-5H3,(H4,23,24,25)/t17-,18-,22?/m0/s1. The zero-order chi connectivity index (χ0) is 24.3. The quantitative estimate of drug-likeness (QED) is 0.0988. The van der Waals surface area contributed by atoms with Crippen LogP contribution in [0.4, 0.5) is 0 Å². The highest BCUT2D eigenvalue weighted by Crippen LogP contribution is 2.36. The molecule has 0 spiro atoms. The van der Waals surface area contributed by atoms with Crippen LogP contribution in [0.5, 0.6) is 0 Å². The summed E-state index contributed by atoms with van der Waals surface area (Å²) >= 11 is 0. The van der Waals surface area contributed by atoms with Gasteiger partial charge in [0.05, 0.1) is 17.5 Å². The molecule has 8 nitrogen and oxygen atoms in total. The van der Waals surface area contributed by atoms with Crippen LogP contribution in [0.25, 0.3) is 0 Å². The normalized spacial score (nSPS) is 19.5. The number of Topliss-reactive ketones (excluding diaryl/α,β-unsaturated/α-hetero) is 3. The Morgan fingerprint density at radius 1 is 1.25 bits per heavy atom. The van der Waals surface area contributed by atoms with E-state index >= 15 is 0 Å². The van der Waals surface area contributed by atoms with Crippen molar-refractivity contribution in [3.05, 3.63) is 0 Å². The molecule has 1 aliphatic heterocycles. The van der Waals surface area contributed by atoms with Crippen molar-refractivity contribution in [1.82, 2.24) is 10.4 Å². The van der Waals surface area contributed by atoms with Crippen molar-refractivity contribution < 1.29 is 14.4 Å². The summed E-state index contributed by atoms with van der Waals surface area (Å²) in [4.78, 5) is 43.1. The van der Waals surface area contributed by atoms with Crippen molar-refractivity contribution in [3.8, 4) is 0 Å². The summed E-state index contributed by atoms with van der Waals surface area (Å²) in [7, 11) is 3.26. The summed E-state index contributed by atoms with van der Waals surface area (Å²) in [6, 6.07) is -0.830. The molecular formula is C22H41N5O3S2. The third kappa shape index (κ3) is 9.03. The van der Waals surface area contributed by atoms with Crippen LogP contribution >= 0.6 is 21.6 Å². The summed E-state index contributed by atoms with van der Waals surface area (Å²) in [5.41, 5.74) is 13.0. The number of ketones is 3. The number of rotatable bonds is 16. The number of hydrogen-bond acceptors (Lipinski definition) is 8. The molecule has 0 amide bonds. The fourth-order valence-electron chi connectivity index (χ4n) is 3.75. The number of aliphatic imine (C=N–C) groups is 1. The third-order valence-corrected chi connectivity index (χ3v) is 8.27. The first-order valence-electron chi connectivity index (χ1n) is 11.4. The highest BCUT2D eigenvalue weighted by atomic mass is 33.1. The lowest BCUT2D eigenvalue weighted by atomic mass is 9.77. The van der Waals surface area contributed by atoms with Crippen LogP contribution in [0.3, 0.4) is 0 Å². The van der Waals surface area contributed by atoms with E-state index in [1.165, 1.54) is 0 Å². The van der Waals surface area contributed by atoms with E-state index in [0.29, 0.717) is 44.5 Å². The first-order chi connectivity index (χ1) is 15.0.